The highest BCUT2D eigenvalue weighted by atomic mass is 35.5. The Bertz CT molecular complexity index is 690. The van der Waals surface area contributed by atoms with Crippen molar-refractivity contribution in [3.63, 3.8) is 0 Å². The van der Waals surface area contributed by atoms with E-state index in [1.807, 2.05) is 0 Å². The summed E-state index contributed by atoms with van der Waals surface area (Å²) >= 11 is 5.79. The Hall–Kier alpha value is -2.67. The lowest BCUT2D eigenvalue weighted by Crippen LogP contribution is -2.14. The van der Waals surface area contributed by atoms with Crippen LogP contribution >= 0.6 is 11.6 Å². The predicted molar refractivity (Wildman–Crippen MR) is 73.4 cm³/mol. The quantitative estimate of drug-likeness (QED) is 0.389. The van der Waals surface area contributed by atoms with Crippen molar-refractivity contribution in [3.8, 4) is 11.5 Å². The first-order chi connectivity index (χ1) is 9.49. The molecule has 0 aliphatic rings. The number of hydrogen-bond donors (Lipinski definition) is 2. The van der Waals surface area contributed by atoms with Gasteiger partial charge in [-0.05, 0) is 18.2 Å². The van der Waals surface area contributed by atoms with Crippen LogP contribution in [-0.2, 0) is 0 Å². The molecule has 1 heterocycles. The van der Waals surface area contributed by atoms with E-state index in [9.17, 15) is 10.1 Å². The molecule has 8 heteroatoms. The summed E-state index contributed by atoms with van der Waals surface area (Å²) in [6, 6.07) is 7.16. The molecule has 0 amide bonds. The van der Waals surface area contributed by atoms with Gasteiger partial charge in [-0.15, -0.1) is 0 Å². The van der Waals surface area contributed by atoms with E-state index < -0.39 is 4.92 Å². The van der Waals surface area contributed by atoms with Gasteiger partial charge in [0.15, 0.2) is 5.75 Å². The minimum atomic E-state index is -0.586. The van der Waals surface area contributed by atoms with E-state index in [1.165, 1.54) is 24.4 Å². The molecule has 0 bridgehead atoms. The van der Waals surface area contributed by atoms with Crippen LogP contribution in [0.15, 0.2) is 36.5 Å². The standard InChI is InChI=1S/C12H9ClN4O3/c13-8-6-7(3-4-9(8)17(18)19)20-10-2-1-5-16-11(10)12(14)15/h1-6H,(H3,14,15). The van der Waals surface area contributed by atoms with Crippen molar-refractivity contribution in [2.75, 3.05) is 0 Å². The molecule has 2 rings (SSSR count). The van der Waals surface area contributed by atoms with Crippen LogP contribution < -0.4 is 10.5 Å². The topological polar surface area (TPSA) is 115 Å². The van der Waals surface area contributed by atoms with E-state index >= 15 is 0 Å². The SMILES string of the molecule is N=C(N)c1ncccc1Oc1ccc([N+](=O)[O-])c(Cl)c1. The normalized spacial score (nSPS) is 10.1. The van der Waals surface area contributed by atoms with Gasteiger partial charge in [0.05, 0.1) is 4.92 Å². The first-order valence-corrected chi connectivity index (χ1v) is 5.78. The van der Waals surface area contributed by atoms with Crippen molar-refractivity contribution in [1.29, 1.82) is 5.41 Å². The van der Waals surface area contributed by atoms with Crippen LogP contribution in [0.25, 0.3) is 0 Å². The Morgan fingerprint density at radius 1 is 1.45 bits per heavy atom. The largest absolute Gasteiger partial charge is 0.455 e. The Kier molecular flexibility index (Phi) is 3.81. The third kappa shape index (κ3) is 2.83. The number of ether oxygens (including phenoxy) is 1. The highest BCUT2D eigenvalue weighted by Gasteiger charge is 2.14. The van der Waals surface area contributed by atoms with Crippen molar-refractivity contribution in [2.24, 2.45) is 5.73 Å². The lowest BCUT2D eigenvalue weighted by molar-refractivity contribution is -0.384. The molecule has 0 spiro atoms. The number of pyridine rings is 1. The van der Waals surface area contributed by atoms with Gasteiger partial charge in [0, 0.05) is 18.3 Å². The van der Waals surface area contributed by atoms with Crippen LogP contribution in [0, 0.1) is 15.5 Å². The third-order valence-corrected chi connectivity index (χ3v) is 2.67. The van der Waals surface area contributed by atoms with Crippen molar-refractivity contribution < 1.29 is 9.66 Å². The van der Waals surface area contributed by atoms with Gasteiger partial charge in [-0.1, -0.05) is 11.6 Å². The van der Waals surface area contributed by atoms with Crippen LogP contribution in [0.2, 0.25) is 5.02 Å². The highest BCUT2D eigenvalue weighted by Crippen LogP contribution is 2.31. The first kappa shape index (κ1) is 13.8. The van der Waals surface area contributed by atoms with Gasteiger partial charge in [0.2, 0.25) is 0 Å². The van der Waals surface area contributed by atoms with Crippen LogP contribution in [0.5, 0.6) is 11.5 Å². The Morgan fingerprint density at radius 2 is 2.20 bits per heavy atom. The second-order valence-corrected chi connectivity index (χ2v) is 4.14. The maximum atomic E-state index is 10.7. The molecule has 3 N–H and O–H groups in total. The molecule has 0 saturated carbocycles. The summed E-state index contributed by atoms with van der Waals surface area (Å²) < 4.78 is 5.50. The van der Waals surface area contributed by atoms with Crippen LogP contribution in [0.1, 0.15) is 5.69 Å². The van der Waals surface area contributed by atoms with Crippen molar-refractivity contribution >= 4 is 23.1 Å². The number of nitrogens with zero attached hydrogens (tertiary/aromatic N) is 2. The van der Waals surface area contributed by atoms with E-state index in [0.717, 1.165) is 0 Å². The van der Waals surface area contributed by atoms with E-state index in [-0.39, 0.29) is 33.7 Å². The van der Waals surface area contributed by atoms with E-state index in [1.54, 1.807) is 12.1 Å². The van der Waals surface area contributed by atoms with Crippen LogP contribution in [0.3, 0.4) is 0 Å². The molecule has 102 valence electrons. The molecular weight excluding hydrogens is 284 g/mol. The molecule has 0 atom stereocenters. The van der Waals surface area contributed by atoms with Crippen LogP contribution in [0.4, 0.5) is 5.69 Å². The summed E-state index contributed by atoms with van der Waals surface area (Å²) in [4.78, 5) is 14.0. The maximum Gasteiger partial charge on any atom is 0.288 e. The van der Waals surface area contributed by atoms with Crippen molar-refractivity contribution in [2.45, 2.75) is 0 Å². The summed E-state index contributed by atoms with van der Waals surface area (Å²) in [5, 5.41) is 18.0. The van der Waals surface area contributed by atoms with Gasteiger partial charge in [-0.25, -0.2) is 4.98 Å². The molecule has 0 aliphatic carbocycles. The molecule has 0 fully saturated rings. The van der Waals surface area contributed by atoms with Crippen LogP contribution in [-0.4, -0.2) is 15.7 Å². The fourth-order valence-electron chi connectivity index (χ4n) is 1.50. The molecular formula is C12H9ClN4O3. The molecule has 0 saturated heterocycles. The number of aromatic nitrogens is 1. The van der Waals surface area contributed by atoms with Crippen molar-refractivity contribution in [3.05, 3.63) is 57.4 Å². The average molecular weight is 293 g/mol. The number of benzene rings is 1. The molecule has 20 heavy (non-hydrogen) atoms. The molecule has 1 aromatic carbocycles. The van der Waals surface area contributed by atoms with Gasteiger partial charge in [0.1, 0.15) is 22.3 Å². The minimum Gasteiger partial charge on any atom is -0.455 e. The molecule has 0 radical (unpaired) electrons. The Labute approximate surface area is 118 Å². The molecule has 0 unspecified atom stereocenters. The number of nitro groups is 1. The number of nitrogens with two attached hydrogens (primary N) is 1. The van der Waals surface area contributed by atoms with Gasteiger partial charge in [0.25, 0.3) is 5.69 Å². The smallest absolute Gasteiger partial charge is 0.288 e. The summed E-state index contributed by atoms with van der Waals surface area (Å²) in [7, 11) is 0. The van der Waals surface area contributed by atoms with Crippen molar-refractivity contribution in [1.82, 2.24) is 4.98 Å². The third-order valence-electron chi connectivity index (χ3n) is 2.37. The van der Waals surface area contributed by atoms with Gasteiger partial charge >= 0.3 is 0 Å². The molecule has 7 nitrogen and oxygen atoms in total. The predicted octanol–water partition coefficient (Wildman–Crippen LogP) is 2.72. The number of nitrogens with one attached hydrogen (secondary N) is 1. The first-order valence-electron chi connectivity index (χ1n) is 5.40. The second-order valence-electron chi connectivity index (χ2n) is 3.74. The highest BCUT2D eigenvalue weighted by molar-refractivity contribution is 6.32. The zero-order valence-electron chi connectivity index (χ0n) is 10.0. The maximum absolute atomic E-state index is 10.7. The lowest BCUT2D eigenvalue weighted by Gasteiger charge is -2.09. The zero-order chi connectivity index (χ0) is 14.7. The number of rotatable bonds is 4. The lowest BCUT2D eigenvalue weighted by atomic mass is 10.3. The summed E-state index contributed by atoms with van der Waals surface area (Å²) in [6.07, 6.45) is 1.48. The molecule has 0 aliphatic heterocycles. The van der Waals surface area contributed by atoms with E-state index in [0.29, 0.717) is 0 Å². The summed E-state index contributed by atoms with van der Waals surface area (Å²) in [5.74, 6) is 0.314. The number of nitro benzene ring substituents is 1. The monoisotopic (exact) mass is 292 g/mol. The zero-order valence-corrected chi connectivity index (χ0v) is 10.8. The minimum absolute atomic E-state index is 0.0410. The second kappa shape index (κ2) is 5.54. The Morgan fingerprint density at radius 3 is 2.80 bits per heavy atom. The summed E-state index contributed by atoms with van der Waals surface area (Å²) in [5.41, 5.74) is 5.36. The number of hydrogen-bond acceptors (Lipinski definition) is 5. The summed E-state index contributed by atoms with van der Waals surface area (Å²) in [6.45, 7) is 0. The fraction of sp³-hybridized carbons (Fsp3) is 0. The van der Waals surface area contributed by atoms with Gasteiger partial charge < -0.3 is 10.5 Å². The van der Waals surface area contributed by atoms with Gasteiger partial charge in [-0.2, -0.15) is 0 Å². The average Bonchev–Trinajstić information content (AvgIpc) is 2.38. The van der Waals surface area contributed by atoms with Gasteiger partial charge in [-0.3, -0.25) is 15.5 Å². The molecule has 2 aromatic rings. The number of halogens is 1. The fourth-order valence-corrected chi connectivity index (χ4v) is 1.74. The van der Waals surface area contributed by atoms with E-state index in [4.69, 9.17) is 27.5 Å². The number of nitrogen functional groups attached to an aromatic ring is 1. The van der Waals surface area contributed by atoms with E-state index in [2.05, 4.69) is 4.98 Å². The number of amidine groups is 1. The Balaban J connectivity index is 2.34. The molecule has 1 aromatic heterocycles.